The van der Waals surface area contributed by atoms with Crippen LogP contribution in [0.2, 0.25) is 0 Å². The highest BCUT2D eigenvalue weighted by Crippen LogP contribution is 2.23. The molecule has 0 saturated carbocycles. The van der Waals surface area contributed by atoms with Gasteiger partial charge < -0.3 is 10.4 Å². The van der Waals surface area contributed by atoms with Crippen LogP contribution in [0.1, 0.15) is 19.0 Å². The molecule has 0 radical (unpaired) electrons. The number of phenolic OH excluding ortho intramolecular Hbond substituents is 1. The van der Waals surface area contributed by atoms with Crippen LogP contribution >= 0.6 is 0 Å². The van der Waals surface area contributed by atoms with E-state index in [2.05, 4.69) is 15.3 Å². The number of aromatic nitrogens is 2. The second-order valence-electron chi connectivity index (χ2n) is 4.27. The molecule has 0 spiro atoms. The molecule has 1 aromatic heterocycles. The largest absolute Gasteiger partial charge is 0.508 e. The molecule has 0 unspecified atom stereocenters. The maximum absolute atomic E-state index is 13.9. The molecule has 19 heavy (non-hydrogen) atoms. The Balaban J connectivity index is 2.44. The summed E-state index contributed by atoms with van der Waals surface area (Å²) in [6.07, 6.45) is 0.879. The van der Waals surface area contributed by atoms with E-state index in [1.807, 2.05) is 6.92 Å². The number of halogens is 1. The Morgan fingerprint density at radius 3 is 2.79 bits per heavy atom. The normalized spacial score (nSPS) is 10.5. The van der Waals surface area contributed by atoms with Crippen molar-refractivity contribution in [1.29, 1.82) is 0 Å². The quantitative estimate of drug-likeness (QED) is 0.887. The third-order valence-corrected chi connectivity index (χ3v) is 2.66. The average Bonchev–Trinajstić information content (AvgIpc) is 2.40. The van der Waals surface area contributed by atoms with Crippen LogP contribution in [0.5, 0.6) is 5.75 Å². The maximum atomic E-state index is 13.9. The molecule has 0 aliphatic rings. The van der Waals surface area contributed by atoms with Crippen molar-refractivity contribution < 1.29 is 9.50 Å². The van der Waals surface area contributed by atoms with Gasteiger partial charge in [-0.1, -0.05) is 19.1 Å². The standard InChI is InChI=1S/C14H16FN3O/c1-3-7-16-14-12(15)9(2)17-13(18-14)10-5-4-6-11(19)8-10/h4-6,8,19H,3,7H2,1-2H3,(H,16,17,18). The number of rotatable bonds is 4. The number of nitrogens with zero attached hydrogens (tertiary/aromatic N) is 2. The fourth-order valence-electron chi connectivity index (χ4n) is 1.69. The monoisotopic (exact) mass is 261 g/mol. The first-order valence-corrected chi connectivity index (χ1v) is 6.19. The summed E-state index contributed by atoms with van der Waals surface area (Å²) < 4.78 is 13.9. The van der Waals surface area contributed by atoms with Crippen molar-refractivity contribution in [2.45, 2.75) is 20.3 Å². The molecule has 2 rings (SSSR count). The lowest BCUT2D eigenvalue weighted by molar-refractivity contribution is 0.475. The number of hydrogen-bond donors (Lipinski definition) is 2. The Morgan fingerprint density at radius 2 is 2.11 bits per heavy atom. The van der Waals surface area contributed by atoms with Crippen molar-refractivity contribution in [3.63, 3.8) is 0 Å². The first kappa shape index (κ1) is 13.3. The highest BCUT2D eigenvalue weighted by Gasteiger charge is 2.12. The molecule has 5 heteroatoms. The molecule has 0 aliphatic heterocycles. The number of nitrogens with one attached hydrogen (secondary N) is 1. The van der Waals surface area contributed by atoms with Crippen molar-refractivity contribution in [2.24, 2.45) is 0 Å². The fourth-order valence-corrected chi connectivity index (χ4v) is 1.69. The van der Waals surface area contributed by atoms with E-state index >= 15 is 0 Å². The second kappa shape index (κ2) is 5.65. The summed E-state index contributed by atoms with van der Waals surface area (Å²) in [5, 5.41) is 12.4. The Hall–Kier alpha value is -2.17. The van der Waals surface area contributed by atoms with Gasteiger partial charge >= 0.3 is 0 Å². The van der Waals surface area contributed by atoms with Crippen LogP contribution in [0.3, 0.4) is 0 Å². The van der Waals surface area contributed by atoms with Crippen LogP contribution in [-0.2, 0) is 0 Å². The summed E-state index contributed by atoms with van der Waals surface area (Å²) in [5.41, 5.74) is 0.939. The summed E-state index contributed by atoms with van der Waals surface area (Å²) >= 11 is 0. The molecule has 0 amide bonds. The van der Waals surface area contributed by atoms with E-state index in [1.54, 1.807) is 31.2 Å². The van der Waals surface area contributed by atoms with E-state index < -0.39 is 5.82 Å². The van der Waals surface area contributed by atoms with Gasteiger partial charge in [0, 0.05) is 12.1 Å². The summed E-state index contributed by atoms with van der Waals surface area (Å²) in [5.74, 6) is 0.296. The molecule has 0 fully saturated rings. The Kier molecular flexibility index (Phi) is 3.94. The highest BCUT2D eigenvalue weighted by atomic mass is 19.1. The number of phenols is 1. The molecule has 100 valence electrons. The van der Waals surface area contributed by atoms with Gasteiger partial charge in [-0.05, 0) is 25.5 Å². The van der Waals surface area contributed by atoms with E-state index in [0.29, 0.717) is 17.9 Å². The van der Waals surface area contributed by atoms with Crippen LogP contribution in [0.15, 0.2) is 24.3 Å². The average molecular weight is 261 g/mol. The molecule has 4 nitrogen and oxygen atoms in total. The predicted octanol–water partition coefficient (Wildman–Crippen LogP) is 3.12. The molecule has 1 heterocycles. The minimum absolute atomic E-state index is 0.131. The third kappa shape index (κ3) is 2.99. The third-order valence-electron chi connectivity index (χ3n) is 2.66. The Labute approximate surface area is 111 Å². The van der Waals surface area contributed by atoms with Gasteiger partial charge in [0.1, 0.15) is 5.75 Å². The van der Waals surface area contributed by atoms with E-state index in [9.17, 15) is 9.50 Å². The van der Waals surface area contributed by atoms with Crippen molar-refractivity contribution in [3.05, 3.63) is 35.8 Å². The lowest BCUT2D eigenvalue weighted by Crippen LogP contribution is -2.08. The van der Waals surface area contributed by atoms with Crippen LogP contribution in [0, 0.1) is 12.7 Å². The number of hydrogen-bond acceptors (Lipinski definition) is 4. The van der Waals surface area contributed by atoms with Gasteiger partial charge in [-0.3, -0.25) is 0 Å². The summed E-state index contributed by atoms with van der Waals surface area (Å²) in [6.45, 7) is 4.24. The smallest absolute Gasteiger partial charge is 0.186 e. The molecule has 1 aromatic carbocycles. The summed E-state index contributed by atoms with van der Waals surface area (Å²) in [6, 6.07) is 6.59. The number of benzene rings is 1. The molecule has 0 aliphatic carbocycles. The van der Waals surface area contributed by atoms with Crippen LogP contribution in [0.25, 0.3) is 11.4 Å². The first-order valence-electron chi connectivity index (χ1n) is 6.19. The minimum Gasteiger partial charge on any atom is -0.508 e. The van der Waals surface area contributed by atoms with Gasteiger partial charge in [-0.15, -0.1) is 0 Å². The molecular formula is C14H16FN3O. The molecule has 0 saturated heterocycles. The van der Waals surface area contributed by atoms with Crippen molar-refractivity contribution >= 4 is 5.82 Å². The fraction of sp³-hybridized carbons (Fsp3) is 0.286. The van der Waals surface area contributed by atoms with Gasteiger partial charge in [0.15, 0.2) is 17.5 Å². The topological polar surface area (TPSA) is 58.0 Å². The lowest BCUT2D eigenvalue weighted by Gasteiger charge is -2.09. The first-order chi connectivity index (χ1) is 9.11. The predicted molar refractivity (Wildman–Crippen MR) is 72.6 cm³/mol. The number of aromatic hydroxyl groups is 1. The zero-order valence-electron chi connectivity index (χ0n) is 10.9. The van der Waals surface area contributed by atoms with Gasteiger partial charge in [-0.25, -0.2) is 14.4 Å². The summed E-state index contributed by atoms with van der Waals surface area (Å²) in [4.78, 5) is 8.29. The SMILES string of the molecule is CCCNc1nc(-c2cccc(O)c2)nc(C)c1F. The second-order valence-corrected chi connectivity index (χ2v) is 4.27. The zero-order valence-corrected chi connectivity index (χ0v) is 10.9. The van der Waals surface area contributed by atoms with Gasteiger partial charge in [-0.2, -0.15) is 0 Å². The maximum Gasteiger partial charge on any atom is 0.186 e. The minimum atomic E-state index is -0.433. The molecular weight excluding hydrogens is 245 g/mol. The van der Waals surface area contributed by atoms with E-state index in [0.717, 1.165) is 6.42 Å². The molecule has 0 atom stereocenters. The number of aryl methyl sites for hydroxylation is 1. The van der Waals surface area contributed by atoms with E-state index in [1.165, 1.54) is 0 Å². The summed E-state index contributed by atoms with van der Waals surface area (Å²) in [7, 11) is 0. The highest BCUT2D eigenvalue weighted by molar-refractivity contribution is 5.59. The zero-order chi connectivity index (χ0) is 13.8. The van der Waals surface area contributed by atoms with Crippen molar-refractivity contribution in [3.8, 4) is 17.1 Å². The van der Waals surface area contributed by atoms with Gasteiger partial charge in [0.2, 0.25) is 0 Å². The van der Waals surface area contributed by atoms with E-state index in [4.69, 9.17) is 0 Å². The van der Waals surface area contributed by atoms with E-state index in [-0.39, 0.29) is 17.3 Å². The molecule has 2 N–H and O–H groups in total. The van der Waals surface area contributed by atoms with Crippen molar-refractivity contribution in [1.82, 2.24) is 9.97 Å². The van der Waals surface area contributed by atoms with Crippen LogP contribution < -0.4 is 5.32 Å². The van der Waals surface area contributed by atoms with Crippen molar-refractivity contribution in [2.75, 3.05) is 11.9 Å². The van der Waals surface area contributed by atoms with Gasteiger partial charge in [0.05, 0.1) is 5.69 Å². The molecule has 2 aromatic rings. The molecule has 0 bridgehead atoms. The Bertz CT molecular complexity index is 587. The Morgan fingerprint density at radius 1 is 1.32 bits per heavy atom. The van der Waals surface area contributed by atoms with Crippen LogP contribution in [0.4, 0.5) is 10.2 Å². The number of anilines is 1. The van der Waals surface area contributed by atoms with Crippen LogP contribution in [-0.4, -0.2) is 21.6 Å². The lowest BCUT2D eigenvalue weighted by atomic mass is 10.2. The van der Waals surface area contributed by atoms with Gasteiger partial charge in [0.25, 0.3) is 0 Å².